The summed E-state index contributed by atoms with van der Waals surface area (Å²) in [7, 11) is 1.62. The van der Waals surface area contributed by atoms with Crippen LogP contribution in [0.25, 0.3) is 0 Å². The normalized spacial score (nSPS) is 14.5. The number of hydrogen-bond acceptors (Lipinski definition) is 4. The molecule has 0 aromatic heterocycles. The number of ether oxygens (including phenoxy) is 1. The first kappa shape index (κ1) is 18.7. The molecular weight excluding hydrogens is 345 g/mol. The summed E-state index contributed by atoms with van der Waals surface area (Å²) in [5.74, 6) is 0.369. The number of benzene rings is 2. The molecule has 27 heavy (non-hydrogen) atoms. The van der Waals surface area contributed by atoms with Gasteiger partial charge in [0.2, 0.25) is 5.91 Å². The van der Waals surface area contributed by atoms with Gasteiger partial charge in [0.1, 0.15) is 17.6 Å². The number of methoxy groups -OCH3 is 1. The van der Waals surface area contributed by atoms with E-state index in [1.54, 1.807) is 13.2 Å². The zero-order valence-corrected chi connectivity index (χ0v) is 15.2. The average molecular weight is 367 g/mol. The Bertz CT molecular complexity index is 837. The Morgan fingerprint density at radius 3 is 2.59 bits per heavy atom. The molecule has 0 atom stereocenters. The van der Waals surface area contributed by atoms with Gasteiger partial charge in [-0.15, -0.1) is 0 Å². The van der Waals surface area contributed by atoms with Gasteiger partial charge in [0.05, 0.1) is 18.4 Å². The molecule has 1 aliphatic heterocycles. The summed E-state index contributed by atoms with van der Waals surface area (Å²) in [5, 5.41) is 12.2. The predicted molar refractivity (Wildman–Crippen MR) is 101 cm³/mol. The van der Waals surface area contributed by atoms with Gasteiger partial charge < -0.3 is 15.0 Å². The third kappa shape index (κ3) is 4.56. The maximum Gasteiger partial charge on any atom is 0.223 e. The molecule has 1 saturated heterocycles. The van der Waals surface area contributed by atoms with Crippen LogP contribution in [0.1, 0.15) is 24.0 Å². The summed E-state index contributed by atoms with van der Waals surface area (Å²) in [6.45, 7) is 1.82. The minimum atomic E-state index is -0.414. The van der Waals surface area contributed by atoms with Gasteiger partial charge in [-0.1, -0.05) is 12.1 Å². The largest absolute Gasteiger partial charge is 0.497 e. The summed E-state index contributed by atoms with van der Waals surface area (Å²) >= 11 is 0. The van der Waals surface area contributed by atoms with Crippen molar-refractivity contribution in [2.24, 2.45) is 5.92 Å². The molecule has 1 N–H and O–H groups in total. The lowest BCUT2D eigenvalue weighted by Crippen LogP contribution is -2.40. The lowest BCUT2D eigenvalue weighted by atomic mass is 9.95. The van der Waals surface area contributed by atoms with Crippen molar-refractivity contribution in [2.45, 2.75) is 19.4 Å². The van der Waals surface area contributed by atoms with E-state index in [9.17, 15) is 14.4 Å². The second-order valence-electron chi connectivity index (χ2n) is 6.60. The van der Waals surface area contributed by atoms with Crippen LogP contribution in [0.2, 0.25) is 0 Å². The van der Waals surface area contributed by atoms with Crippen LogP contribution in [0.4, 0.5) is 10.1 Å². The lowest BCUT2D eigenvalue weighted by molar-refractivity contribution is -0.125. The summed E-state index contributed by atoms with van der Waals surface area (Å²) in [6, 6.07) is 13.9. The Kier molecular flexibility index (Phi) is 5.92. The minimum absolute atomic E-state index is 0.0464. The molecule has 1 amide bonds. The van der Waals surface area contributed by atoms with E-state index in [0.717, 1.165) is 17.0 Å². The molecule has 140 valence electrons. The van der Waals surface area contributed by atoms with E-state index in [-0.39, 0.29) is 11.8 Å². The van der Waals surface area contributed by atoms with Gasteiger partial charge in [0.15, 0.2) is 0 Å². The Morgan fingerprint density at radius 1 is 1.26 bits per heavy atom. The van der Waals surface area contributed by atoms with Crippen molar-refractivity contribution in [2.75, 3.05) is 25.1 Å². The first-order valence-electron chi connectivity index (χ1n) is 8.96. The van der Waals surface area contributed by atoms with E-state index in [2.05, 4.69) is 5.32 Å². The Labute approximate surface area is 158 Å². The van der Waals surface area contributed by atoms with Crippen LogP contribution in [0.5, 0.6) is 5.75 Å². The van der Waals surface area contributed by atoms with Gasteiger partial charge in [-0.25, -0.2) is 4.39 Å². The Hall–Kier alpha value is -3.07. The molecule has 6 heteroatoms. The van der Waals surface area contributed by atoms with Crippen LogP contribution < -0.4 is 15.0 Å². The molecule has 0 spiro atoms. The van der Waals surface area contributed by atoms with Gasteiger partial charge in [-0.3, -0.25) is 4.79 Å². The maximum atomic E-state index is 13.3. The maximum absolute atomic E-state index is 13.3. The summed E-state index contributed by atoms with van der Waals surface area (Å²) < 4.78 is 18.4. The highest BCUT2D eigenvalue weighted by atomic mass is 19.1. The van der Waals surface area contributed by atoms with Crippen LogP contribution in [0.3, 0.4) is 0 Å². The van der Waals surface area contributed by atoms with Crippen LogP contribution in [0.15, 0.2) is 42.5 Å². The topological polar surface area (TPSA) is 65.4 Å². The number of anilines is 1. The van der Waals surface area contributed by atoms with Crippen molar-refractivity contribution in [1.29, 1.82) is 5.26 Å². The fourth-order valence-corrected chi connectivity index (χ4v) is 3.33. The summed E-state index contributed by atoms with van der Waals surface area (Å²) in [4.78, 5) is 14.5. The van der Waals surface area contributed by atoms with E-state index in [0.29, 0.717) is 38.0 Å². The molecule has 1 heterocycles. The standard InChI is InChI=1S/C21H22FN3O2/c1-27-19-5-2-15(3-6-19)14-24-21(26)16-8-10-25(11-9-16)20-7-4-18(22)12-17(20)13-23/h2-7,12,16H,8-11,14H2,1H3,(H,24,26). The monoisotopic (exact) mass is 367 g/mol. The molecule has 0 unspecified atom stereocenters. The number of hydrogen-bond donors (Lipinski definition) is 1. The van der Waals surface area contributed by atoms with Crippen molar-refractivity contribution in [3.63, 3.8) is 0 Å². The molecule has 2 aromatic carbocycles. The molecule has 2 aromatic rings. The third-order valence-corrected chi connectivity index (χ3v) is 4.91. The number of carbonyl (C=O) groups is 1. The highest BCUT2D eigenvalue weighted by molar-refractivity contribution is 5.79. The van der Waals surface area contributed by atoms with Crippen LogP contribution in [0, 0.1) is 23.1 Å². The van der Waals surface area contributed by atoms with Gasteiger partial charge in [-0.2, -0.15) is 5.26 Å². The second kappa shape index (κ2) is 8.54. The van der Waals surface area contributed by atoms with E-state index in [4.69, 9.17) is 4.74 Å². The number of amides is 1. The van der Waals surface area contributed by atoms with Crippen molar-refractivity contribution in [1.82, 2.24) is 5.32 Å². The lowest BCUT2D eigenvalue weighted by Gasteiger charge is -2.33. The first-order valence-corrected chi connectivity index (χ1v) is 8.96. The Balaban J connectivity index is 1.52. The van der Waals surface area contributed by atoms with Gasteiger partial charge >= 0.3 is 0 Å². The van der Waals surface area contributed by atoms with Crippen molar-refractivity contribution in [3.8, 4) is 11.8 Å². The smallest absolute Gasteiger partial charge is 0.223 e. The SMILES string of the molecule is COc1ccc(CNC(=O)C2CCN(c3ccc(F)cc3C#N)CC2)cc1. The van der Waals surface area contributed by atoms with Gasteiger partial charge in [-0.05, 0) is 48.7 Å². The van der Waals surface area contributed by atoms with Crippen molar-refractivity contribution in [3.05, 3.63) is 59.4 Å². The second-order valence-corrected chi connectivity index (χ2v) is 6.60. The van der Waals surface area contributed by atoms with E-state index in [1.807, 2.05) is 35.2 Å². The fraction of sp³-hybridized carbons (Fsp3) is 0.333. The number of carbonyl (C=O) groups excluding carboxylic acids is 1. The summed E-state index contributed by atoms with van der Waals surface area (Å²) in [6.07, 6.45) is 1.41. The van der Waals surface area contributed by atoms with Crippen LogP contribution >= 0.6 is 0 Å². The molecule has 0 saturated carbocycles. The molecule has 1 fully saturated rings. The van der Waals surface area contributed by atoms with Crippen molar-refractivity contribution < 1.29 is 13.9 Å². The van der Waals surface area contributed by atoms with Gasteiger partial charge in [0.25, 0.3) is 0 Å². The zero-order valence-electron chi connectivity index (χ0n) is 15.2. The van der Waals surface area contributed by atoms with Crippen LogP contribution in [-0.4, -0.2) is 26.1 Å². The number of nitriles is 1. The van der Waals surface area contributed by atoms with E-state index in [1.165, 1.54) is 12.1 Å². The molecule has 1 aliphatic rings. The highest BCUT2D eigenvalue weighted by Crippen LogP contribution is 2.27. The number of nitrogens with one attached hydrogen (secondary N) is 1. The average Bonchev–Trinajstić information content (AvgIpc) is 2.72. The van der Waals surface area contributed by atoms with E-state index < -0.39 is 5.82 Å². The van der Waals surface area contributed by atoms with Gasteiger partial charge in [0, 0.05) is 25.6 Å². The molecular formula is C21H22FN3O2. The predicted octanol–water partition coefficient (Wildman–Crippen LogP) is 3.24. The number of rotatable bonds is 5. The molecule has 0 bridgehead atoms. The highest BCUT2D eigenvalue weighted by Gasteiger charge is 2.26. The molecule has 0 radical (unpaired) electrons. The number of nitrogens with zero attached hydrogens (tertiary/aromatic N) is 2. The minimum Gasteiger partial charge on any atom is -0.497 e. The third-order valence-electron chi connectivity index (χ3n) is 4.91. The molecule has 3 rings (SSSR count). The number of halogens is 1. The molecule has 0 aliphatic carbocycles. The van der Waals surface area contributed by atoms with Crippen LogP contribution in [-0.2, 0) is 11.3 Å². The first-order chi connectivity index (χ1) is 13.1. The van der Waals surface area contributed by atoms with E-state index >= 15 is 0 Å². The molecule has 5 nitrogen and oxygen atoms in total. The summed E-state index contributed by atoms with van der Waals surface area (Å²) in [5.41, 5.74) is 2.08. The number of piperidine rings is 1. The fourth-order valence-electron chi connectivity index (χ4n) is 3.33. The quantitative estimate of drug-likeness (QED) is 0.881. The Morgan fingerprint density at radius 2 is 1.96 bits per heavy atom. The zero-order chi connectivity index (χ0) is 19.2. The van der Waals surface area contributed by atoms with Crippen molar-refractivity contribution >= 4 is 11.6 Å².